The molecule has 0 bridgehead atoms. The molecule has 1 unspecified atom stereocenters. The van der Waals surface area contributed by atoms with Crippen LogP contribution in [0.4, 0.5) is 19.4 Å². The van der Waals surface area contributed by atoms with Crippen molar-refractivity contribution in [2.75, 3.05) is 51.2 Å². The number of likely N-dealkylation sites (N-methyl/N-ethyl adjacent to an activating group) is 1. The second-order valence-corrected chi connectivity index (χ2v) is 7.08. The number of nitrogens with zero attached hydrogens (tertiary/aromatic N) is 5. The summed E-state index contributed by atoms with van der Waals surface area (Å²) >= 11 is 0. The van der Waals surface area contributed by atoms with Gasteiger partial charge in [0.15, 0.2) is 0 Å². The number of urea groups is 1. The minimum absolute atomic E-state index is 0.0377. The van der Waals surface area contributed by atoms with Gasteiger partial charge >= 0.3 is 6.03 Å². The van der Waals surface area contributed by atoms with E-state index < -0.39 is 6.17 Å². The number of alkyl halides is 1. The Balaban J connectivity index is 1.43. The van der Waals surface area contributed by atoms with Crippen LogP contribution in [0.15, 0.2) is 41.9 Å². The zero-order valence-electron chi connectivity index (χ0n) is 15.3. The van der Waals surface area contributed by atoms with E-state index >= 15 is 0 Å². The molecule has 3 heterocycles. The normalized spacial score (nSPS) is 23.0. The molecule has 1 aromatic heterocycles. The minimum atomic E-state index is -0.993. The fourth-order valence-corrected chi connectivity index (χ4v) is 3.80. The van der Waals surface area contributed by atoms with Crippen LogP contribution in [0.2, 0.25) is 0 Å². The predicted molar refractivity (Wildman–Crippen MR) is 98.4 cm³/mol. The molecular weight excluding hydrogens is 352 g/mol. The zero-order valence-corrected chi connectivity index (χ0v) is 15.3. The Morgan fingerprint density at radius 2 is 1.93 bits per heavy atom. The first-order valence-corrected chi connectivity index (χ1v) is 9.22. The minimum Gasteiger partial charge on any atom is -0.374 e. The maximum absolute atomic E-state index is 13.7. The van der Waals surface area contributed by atoms with Crippen molar-refractivity contribution in [3.63, 3.8) is 0 Å². The van der Waals surface area contributed by atoms with E-state index in [1.54, 1.807) is 17.0 Å². The van der Waals surface area contributed by atoms with Gasteiger partial charge in [-0.1, -0.05) is 0 Å². The zero-order chi connectivity index (χ0) is 19.0. The summed E-state index contributed by atoms with van der Waals surface area (Å²) in [5.74, 6) is 0.361. The third-order valence-corrected chi connectivity index (χ3v) is 5.37. The molecule has 1 fully saturated rings. The van der Waals surface area contributed by atoms with Crippen LogP contribution in [0, 0.1) is 5.82 Å². The molecule has 0 saturated carbocycles. The molecule has 0 radical (unpaired) electrons. The Labute approximate surface area is 157 Å². The lowest BCUT2D eigenvalue weighted by molar-refractivity contribution is 0.150. The third kappa shape index (κ3) is 3.48. The summed E-state index contributed by atoms with van der Waals surface area (Å²) in [5, 5.41) is 0. The molecule has 1 aliphatic carbocycles. The first-order chi connectivity index (χ1) is 13.0. The summed E-state index contributed by atoms with van der Waals surface area (Å²) in [7, 11) is 1.94. The van der Waals surface area contributed by atoms with E-state index in [9.17, 15) is 13.6 Å². The Morgan fingerprint density at radius 3 is 2.63 bits per heavy atom. The Hall–Kier alpha value is -2.64. The monoisotopic (exact) mass is 375 g/mol. The van der Waals surface area contributed by atoms with E-state index in [1.165, 1.54) is 18.3 Å². The van der Waals surface area contributed by atoms with E-state index in [-0.39, 0.29) is 11.8 Å². The molecule has 3 aliphatic rings. The fourth-order valence-electron chi connectivity index (χ4n) is 3.80. The van der Waals surface area contributed by atoms with Crippen molar-refractivity contribution in [2.45, 2.75) is 12.6 Å². The number of anilines is 1. The molecule has 8 heteroatoms. The van der Waals surface area contributed by atoms with Crippen LogP contribution >= 0.6 is 0 Å². The standard InChI is InChI=1S/C19H23F2N5O/c1-23-6-11-26(16-4-2-14(20)12-17(16)23)19(27)25-9-7-24(8-10-25)18-5-3-15(21)13-22-18/h2-5,13-14H,6-12H2,1H3. The van der Waals surface area contributed by atoms with Gasteiger partial charge in [-0.05, 0) is 24.3 Å². The molecule has 27 heavy (non-hydrogen) atoms. The van der Waals surface area contributed by atoms with Crippen molar-refractivity contribution in [3.05, 3.63) is 47.7 Å². The number of hydrogen-bond donors (Lipinski definition) is 0. The van der Waals surface area contributed by atoms with Gasteiger partial charge in [0.05, 0.1) is 11.9 Å². The van der Waals surface area contributed by atoms with Crippen molar-refractivity contribution in [3.8, 4) is 0 Å². The lowest BCUT2D eigenvalue weighted by Gasteiger charge is -2.42. The molecule has 144 valence electrons. The number of pyridine rings is 1. The molecule has 2 amide bonds. The van der Waals surface area contributed by atoms with Crippen LogP contribution in [-0.4, -0.2) is 78.2 Å². The van der Waals surface area contributed by atoms with Gasteiger partial charge in [-0.3, -0.25) is 4.90 Å². The smallest absolute Gasteiger partial charge is 0.324 e. The van der Waals surface area contributed by atoms with Crippen molar-refractivity contribution in [1.82, 2.24) is 19.7 Å². The topological polar surface area (TPSA) is 42.9 Å². The molecule has 0 aromatic carbocycles. The summed E-state index contributed by atoms with van der Waals surface area (Å²) in [6.45, 7) is 3.73. The van der Waals surface area contributed by atoms with E-state index in [0.717, 1.165) is 17.2 Å². The molecule has 2 aliphatic heterocycles. The van der Waals surface area contributed by atoms with Crippen molar-refractivity contribution in [2.24, 2.45) is 0 Å². The number of piperazine rings is 1. The van der Waals surface area contributed by atoms with Crippen molar-refractivity contribution < 1.29 is 13.6 Å². The third-order valence-electron chi connectivity index (χ3n) is 5.37. The van der Waals surface area contributed by atoms with Crippen LogP contribution in [0.5, 0.6) is 0 Å². The van der Waals surface area contributed by atoms with E-state index in [4.69, 9.17) is 0 Å². The summed E-state index contributed by atoms with van der Waals surface area (Å²) in [6, 6.07) is 3.01. The number of allylic oxidation sites excluding steroid dienone is 3. The first kappa shape index (κ1) is 17.8. The summed E-state index contributed by atoms with van der Waals surface area (Å²) in [6.07, 6.45) is 3.79. The van der Waals surface area contributed by atoms with Gasteiger partial charge in [-0.15, -0.1) is 0 Å². The average molecular weight is 375 g/mol. The highest BCUT2D eigenvalue weighted by Crippen LogP contribution is 2.30. The summed E-state index contributed by atoms with van der Waals surface area (Å²) < 4.78 is 26.8. The lowest BCUT2D eigenvalue weighted by Crippen LogP contribution is -2.55. The first-order valence-electron chi connectivity index (χ1n) is 9.22. The van der Waals surface area contributed by atoms with E-state index in [2.05, 4.69) is 4.98 Å². The number of amides is 2. The van der Waals surface area contributed by atoms with Crippen LogP contribution < -0.4 is 4.90 Å². The molecule has 1 atom stereocenters. The molecule has 0 N–H and O–H groups in total. The summed E-state index contributed by atoms with van der Waals surface area (Å²) in [5.41, 5.74) is 1.70. The van der Waals surface area contributed by atoms with Crippen molar-refractivity contribution in [1.29, 1.82) is 0 Å². The molecule has 1 saturated heterocycles. The predicted octanol–water partition coefficient (Wildman–Crippen LogP) is 2.22. The van der Waals surface area contributed by atoms with Crippen LogP contribution in [0.25, 0.3) is 0 Å². The van der Waals surface area contributed by atoms with Crippen molar-refractivity contribution >= 4 is 11.8 Å². The van der Waals surface area contributed by atoms with Crippen LogP contribution in [-0.2, 0) is 0 Å². The van der Waals surface area contributed by atoms with Gasteiger partial charge in [0, 0.05) is 58.4 Å². The number of carbonyl (C=O) groups is 1. The lowest BCUT2D eigenvalue weighted by atomic mass is 10.0. The molecule has 0 spiro atoms. The largest absolute Gasteiger partial charge is 0.374 e. The second-order valence-electron chi connectivity index (χ2n) is 7.08. The molecule has 1 aromatic rings. The highest BCUT2D eigenvalue weighted by molar-refractivity contribution is 5.78. The van der Waals surface area contributed by atoms with E-state index in [1.807, 2.05) is 21.7 Å². The van der Waals surface area contributed by atoms with Gasteiger partial charge in [-0.25, -0.2) is 18.6 Å². The maximum Gasteiger partial charge on any atom is 0.324 e. The number of aromatic nitrogens is 1. The fraction of sp³-hybridized carbons (Fsp3) is 0.474. The SMILES string of the molecule is CN1CCN(C(=O)N2CCN(c3ccc(F)cn3)CC2)C2=C1CC(F)C=C2. The highest BCUT2D eigenvalue weighted by Gasteiger charge is 2.33. The van der Waals surface area contributed by atoms with Crippen LogP contribution in [0.1, 0.15) is 6.42 Å². The molecular formula is C19H23F2N5O. The number of carbonyl (C=O) groups excluding carboxylic acids is 1. The number of hydrogen-bond acceptors (Lipinski definition) is 4. The Bertz CT molecular complexity index is 771. The van der Waals surface area contributed by atoms with Gasteiger partial charge < -0.3 is 14.7 Å². The maximum atomic E-state index is 13.7. The Morgan fingerprint density at radius 1 is 1.15 bits per heavy atom. The van der Waals surface area contributed by atoms with Gasteiger partial charge in [0.1, 0.15) is 17.8 Å². The van der Waals surface area contributed by atoms with Gasteiger partial charge in [0.25, 0.3) is 0 Å². The molecule has 4 rings (SSSR count). The average Bonchev–Trinajstić information content (AvgIpc) is 2.69. The second kappa shape index (κ2) is 7.17. The van der Waals surface area contributed by atoms with Gasteiger partial charge in [-0.2, -0.15) is 0 Å². The quantitative estimate of drug-likeness (QED) is 0.755. The number of halogens is 2. The summed E-state index contributed by atoms with van der Waals surface area (Å²) in [4.78, 5) is 24.9. The van der Waals surface area contributed by atoms with E-state index in [0.29, 0.717) is 45.7 Å². The molecule has 6 nitrogen and oxygen atoms in total. The number of rotatable bonds is 1. The Kier molecular flexibility index (Phi) is 4.72. The highest BCUT2D eigenvalue weighted by atomic mass is 19.1. The van der Waals surface area contributed by atoms with Crippen LogP contribution in [0.3, 0.4) is 0 Å². The van der Waals surface area contributed by atoms with Gasteiger partial charge in [0.2, 0.25) is 0 Å².